The van der Waals surface area contributed by atoms with Crippen LogP contribution in [0.25, 0.3) is 0 Å². The van der Waals surface area contributed by atoms with E-state index in [1.165, 1.54) is 0 Å². The zero-order valence-electron chi connectivity index (χ0n) is 10.8. The minimum Gasteiger partial charge on any atom is -0.478 e. The highest BCUT2D eigenvalue weighted by Gasteiger charge is 2.28. The van der Waals surface area contributed by atoms with Gasteiger partial charge in [-0.05, 0) is 38.3 Å². The molecule has 1 aromatic rings. The summed E-state index contributed by atoms with van der Waals surface area (Å²) in [4.78, 5) is 11.2. The number of nitrogens with zero attached hydrogens (tertiary/aromatic N) is 2. The molecule has 1 fully saturated rings. The van der Waals surface area contributed by atoms with Gasteiger partial charge in [-0.15, -0.1) is 0 Å². The van der Waals surface area contributed by atoms with Gasteiger partial charge in [-0.2, -0.15) is 5.26 Å². The summed E-state index contributed by atoms with van der Waals surface area (Å²) in [5.41, 5.74) is 3.86. The van der Waals surface area contributed by atoms with Crippen LogP contribution in [0.5, 0.6) is 0 Å². The highest BCUT2D eigenvalue weighted by molar-refractivity contribution is 5.94. The van der Waals surface area contributed by atoms with E-state index in [0.29, 0.717) is 5.69 Å². The van der Waals surface area contributed by atoms with Crippen LogP contribution < -0.4 is 5.43 Å². The number of benzene rings is 1. The molecule has 0 amide bonds. The lowest BCUT2D eigenvalue weighted by Crippen LogP contribution is -2.48. The van der Waals surface area contributed by atoms with Gasteiger partial charge in [0.05, 0.1) is 17.3 Å². The normalized spacial score (nSPS) is 23.6. The third kappa shape index (κ3) is 2.85. The Morgan fingerprint density at radius 1 is 1.47 bits per heavy atom. The predicted molar refractivity (Wildman–Crippen MR) is 71.6 cm³/mol. The van der Waals surface area contributed by atoms with Crippen molar-refractivity contribution in [1.29, 1.82) is 5.26 Å². The minimum absolute atomic E-state index is 0.209. The number of carbonyl (C=O) groups is 1. The zero-order valence-corrected chi connectivity index (χ0v) is 10.8. The van der Waals surface area contributed by atoms with Crippen LogP contribution >= 0.6 is 0 Å². The number of hydrogen-bond donors (Lipinski definition) is 2. The van der Waals surface area contributed by atoms with Crippen molar-refractivity contribution in [1.82, 2.24) is 5.01 Å². The van der Waals surface area contributed by atoms with Gasteiger partial charge in [0.2, 0.25) is 0 Å². The van der Waals surface area contributed by atoms with Gasteiger partial charge in [0.15, 0.2) is 0 Å². The molecule has 1 aliphatic rings. The van der Waals surface area contributed by atoms with Gasteiger partial charge in [0.1, 0.15) is 6.04 Å². The molecular formula is C14H17N3O2. The van der Waals surface area contributed by atoms with Crippen LogP contribution in [-0.4, -0.2) is 28.2 Å². The number of para-hydroxylation sites is 1. The molecule has 1 aromatic carbocycles. The molecule has 1 aliphatic heterocycles. The Morgan fingerprint density at radius 3 is 2.89 bits per heavy atom. The summed E-state index contributed by atoms with van der Waals surface area (Å²) in [5, 5.41) is 20.2. The van der Waals surface area contributed by atoms with E-state index in [2.05, 4.69) is 11.5 Å². The smallest absolute Gasteiger partial charge is 0.337 e. The summed E-state index contributed by atoms with van der Waals surface area (Å²) in [6.45, 7) is 2.04. The summed E-state index contributed by atoms with van der Waals surface area (Å²) in [6, 6.07) is 9.01. The maximum atomic E-state index is 11.2. The van der Waals surface area contributed by atoms with E-state index < -0.39 is 5.97 Å². The fraction of sp³-hybridized carbons (Fsp3) is 0.429. The molecule has 2 N–H and O–H groups in total. The molecule has 0 radical (unpaired) electrons. The topological polar surface area (TPSA) is 76.4 Å². The first kappa shape index (κ1) is 13.4. The largest absolute Gasteiger partial charge is 0.478 e. The third-order valence-corrected chi connectivity index (χ3v) is 3.47. The van der Waals surface area contributed by atoms with Crippen molar-refractivity contribution >= 4 is 11.7 Å². The Labute approximate surface area is 112 Å². The van der Waals surface area contributed by atoms with Crippen molar-refractivity contribution < 1.29 is 9.90 Å². The molecule has 5 heteroatoms. The second-order valence-corrected chi connectivity index (χ2v) is 4.79. The van der Waals surface area contributed by atoms with Crippen molar-refractivity contribution in [3.05, 3.63) is 29.8 Å². The van der Waals surface area contributed by atoms with Gasteiger partial charge in [0.25, 0.3) is 0 Å². The van der Waals surface area contributed by atoms with Crippen LogP contribution in [0, 0.1) is 11.3 Å². The quantitative estimate of drug-likeness (QED) is 0.872. The van der Waals surface area contributed by atoms with Gasteiger partial charge >= 0.3 is 5.97 Å². The third-order valence-electron chi connectivity index (χ3n) is 3.47. The summed E-state index contributed by atoms with van der Waals surface area (Å²) in [7, 11) is 0. The SMILES string of the molecule is C[C@@H]1CCC[C@@H](C#N)N1Nc1ccccc1C(=O)O. The van der Waals surface area contributed by atoms with E-state index in [9.17, 15) is 10.1 Å². The first-order valence-electron chi connectivity index (χ1n) is 6.40. The molecule has 2 rings (SSSR count). The molecule has 2 atom stereocenters. The van der Waals surface area contributed by atoms with Crippen LogP contribution in [0.4, 0.5) is 5.69 Å². The fourth-order valence-corrected chi connectivity index (χ4v) is 2.41. The van der Waals surface area contributed by atoms with E-state index in [-0.39, 0.29) is 17.6 Å². The number of carboxylic acid groups (broad SMARTS) is 1. The molecule has 1 heterocycles. The molecular weight excluding hydrogens is 242 g/mol. The van der Waals surface area contributed by atoms with Crippen molar-refractivity contribution in [2.45, 2.75) is 38.3 Å². The molecule has 5 nitrogen and oxygen atoms in total. The number of rotatable bonds is 3. The highest BCUT2D eigenvalue weighted by Crippen LogP contribution is 2.25. The zero-order chi connectivity index (χ0) is 13.8. The van der Waals surface area contributed by atoms with Crippen LogP contribution in [0.1, 0.15) is 36.5 Å². The second kappa shape index (κ2) is 5.72. The molecule has 0 unspecified atom stereocenters. The molecule has 0 aromatic heterocycles. The number of aromatic carboxylic acids is 1. The van der Waals surface area contributed by atoms with Gasteiger partial charge < -0.3 is 10.5 Å². The van der Waals surface area contributed by atoms with E-state index in [1.54, 1.807) is 24.3 Å². The van der Waals surface area contributed by atoms with Crippen LogP contribution in [0.3, 0.4) is 0 Å². The molecule has 100 valence electrons. The standard InChI is InChI=1S/C14H17N3O2/c1-10-5-4-6-11(9-15)17(10)16-13-8-3-2-7-12(13)14(18)19/h2-3,7-8,10-11,16H,4-6H2,1H3,(H,18,19)/t10-,11+/m1/s1. The van der Waals surface area contributed by atoms with Crippen molar-refractivity contribution in [3.63, 3.8) is 0 Å². The van der Waals surface area contributed by atoms with Crippen LogP contribution in [0.2, 0.25) is 0 Å². The maximum Gasteiger partial charge on any atom is 0.337 e. The van der Waals surface area contributed by atoms with Gasteiger partial charge in [0, 0.05) is 6.04 Å². The minimum atomic E-state index is -0.971. The number of nitrogens with one attached hydrogen (secondary N) is 1. The fourth-order valence-electron chi connectivity index (χ4n) is 2.41. The Balaban J connectivity index is 2.24. The number of nitriles is 1. The van der Waals surface area contributed by atoms with Gasteiger partial charge in [-0.3, -0.25) is 0 Å². The molecule has 0 saturated carbocycles. The number of hydrazine groups is 1. The van der Waals surface area contributed by atoms with Gasteiger partial charge in [-0.25, -0.2) is 9.80 Å². The Hall–Kier alpha value is -2.06. The van der Waals surface area contributed by atoms with E-state index >= 15 is 0 Å². The summed E-state index contributed by atoms with van der Waals surface area (Å²) >= 11 is 0. The highest BCUT2D eigenvalue weighted by atomic mass is 16.4. The summed E-state index contributed by atoms with van der Waals surface area (Å²) in [6.07, 6.45) is 2.83. The second-order valence-electron chi connectivity index (χ2n) is 4.79. The van der Waals surface area contributed by atoms with Crippen LogP contribution in [-0.2, 0) is 0 Å². The predicted octanol–water partition coefficient (Wildman–Crippen LogP) is 2.48. The number of anilines is 1. The lowest BCUT2D eigenvalue weighted by atomic mass is 9.99. The number of carboxylic acids is 1. The number of piperidine rings is 1. The first-order chi connectivity index (χ1) is 9.13. The van der Waals surface area contributed by atoms with E-state index in [4.69, 9.17) is 5.11 Å². The van der Waals surface area contributed by atoms with Crippen LogP contribution in [0.15, 0.2) is 24.3 Å². The lowest BCUT2D eigenvalue weighted by Gasteiger charge is -2.37. The Bertz CT molecular complexity index is 510. The lowest BCUT2D eigenvalue weighted by molar-refractivity contribution is 0.0696. The molecule has 0 aliphatic carbocycles. The van der Waals surface area contributed by atoms with Crippen molar-refractivity contribution in [2.75, 3.05) is 5.43 Å². The van der Waals surface area contributed by atoms with Gasteiger partial charge in [-0.1, -0.05) is 12.1 Å². The average molecular weight is 259 g/mol. The summed E-state index contributed by atoms with van der Waals surface area (Å²) < 4.78 is 0. The van der Waals surface area contributed by atoms with Crippen molar-refractivity contribution in [3.8, 4) is 6.07 Å². The average Bonchev–Trinajstić information content (AvgIpc) is 2.41. The Kier molecular flexibility index (Phi) is 4.03. The van der Waals surface area contributed by atoms with Crippen molar-refractivity contribution in [2.24, 2.45) is 0 Å². The Morgan fingerprint density at radius 2 is 2.21 bits per heavy atom. The molecule has 0 spiro atoms. The monoisotopic (exact) mass is 259 g/mol. The molecule has 1 saturated heterocycles. The molecule has 19 heavy (non-hydrogen) atoms. The van der Waals surface area contributed by atoms with E-state index in [1.807, 2.05) is 11.9 Å². The maximum absolute atomic E-state index is 11.2. The molecule has 0 bridgehead atoms. The number of hydrogen-bond acceptors (Lipinski definition) is 4. The van der Waals surface area contributed by atoms with E-state index in [0.717, 1.165) is 19.3 Å². The first-order valence-corrected chi connectivity index (χ1v) is 6.40. The summed E-state index contributed by atoms with van der Waals surface area (Å²) in [5.74, 6) is -0.971.